The van der Waals surface area contributed by atoms with Crippen molar-refractivity contribution in [1.29, 1.82) is 0 Å². The summed E-state index contributed by atoms with van der Waals surface area (Å²) in [6.45, 7) is 5.75. The molecule has 0 saturated carbocycles. The Labute approximate surface area is 194 Å². The van der Waals surface area contributed by atoms with Crippen LogP contribution >= 0.6 is 12.2 Å². The second-order valence-electron chi connectivity index (χ2n) is 8.45. The molecule has 0 saturated heterocycles. The number of carbonyl (C=O) groups excluding carboxylic acids is 2. The molecule has 32 heavy (non-hydrogen) atoms. The number of benzene rings is 3. The summed E-state index contributed by atoms with van der Waals surface area (Å²) in [5.41, 5.74) is 2.32. The first-order chi connectivity index (χ1) is 15.2. The van der Waals surface area contributed by atoms with Crippen molar-refractivity contribution in [1.82, 2.24) is 10.6 Å². The number of rotatable bonds is 5. The van der Waals surface area contributed by atoms with Gasteiger partial charge in [0.1, 0.15) is 0 Å². The number of nitrogens with one attached hydrogen (secondary N) is 3. The maximum atomic E-state index is 13.2. The topological polar surface area (TPSA) is 70.2 Å². The van der Waals surface area contributed by atoms with Gasteiger partial charge >= 0.3 is 0 Å². The molecule has 0 aromatic heterocycles. The third kappa shape index (κ3) is 6.25. The van der Waals surface area contributed by atoms with Gasteiger partial charge in [-0.2, -0.15) is 0 Å². The quantitative estimate of drug-likeness (QED) is 0.491. The Bertz CT molecular complexity index is 1050. The molecule has 0 atom stereocenters. The molecule has 3 N–H and O–H groups in total. The Morgan fingerprint density at radius 1 is 0.781 bits per heavy atom. The summed E-state index contributed by atoms with van der Waals surface area (Å²) in [5.74, 6) is -0.991. The molecule has 0 aliphatic heterocycles. The van der Waals surface area contributed by atoms with Crippen LogP contribution in [0, 0.1) is 0 Å². The Morgan fingerprint density at radius 3 is 1.81 bits per heavy atom. The zero-order valence-corrected chi connectivity index (χ0v) is 19.2. The summed E-state index contributed by atoms with van der Waals surface area (Å²) in [7, 11) is 0. The number of amides is 2. The molecule has 0 heterocycles. The van der Waals surface area contributed by atoms with Crippen molar-refractivity contribution in [3.63, 3.8) is 0 Å². The van der Waals surface area contributed by atoms with Gasteiger partial charge in [0.15, 0.2) is 5.11 Å². The van der Waals surface area contributed by atoms with Crippen LogP contribution < -0.4 is 16.0 Å². The third-order valence-corrected chi connectivity index (χ3v) is 4.88. The highest BCUT2D eigenvalue weighted by Crippen LogP contribution is 2.25. The first-order valence-electron chi connectivity index (χ1n) is 10.4. The van der Waals surface area contributed by atoms with Gasteiger partial charge in [0, 0.05) is 5.54 Å². The highest BCUT2D eigenvalue weighted by Gasteiger charge is 2.24. The van der Waals surface area contributed by atoms with Crippen LogP contribution in [0.4, 0.5) is 5.69 Å². The standard InChI is InChI=1S/C26H27N3O2S/c1-26(2,3)29-23(30)20-16-10-11-17-21(20)27-25(32)28-24(31)22(18-12-6-4-7-13-18)19-14-8-5-9-15-19/h4-17,22H,1-3H3,(H,29,30)(H2,27,28,31,32). The van der Waals surface area contributed by atoms with Crippen molar-refractivity contribution >= 4 is 34.8 Å². The van der Waals surface area contributed by atoms with Crippen LogP contribution in [0.3, 0.4) is 0 Å². The minimum absolute atomic E-state index is 0.128. The van der Waals surface area contributed by atoms with Crippen LogP contribution in [0.1, 0.15) is 48.2 Å². The second kappa shape index (κ2) is 10.2. The van der Waals surface area contributed by atoms with E-state index in [-0.39, 0.29) is 22.5 Å². The highest BCUT2D eigenvalue weighted by molar-refractivity contribution is 7.80. The van der Waals surface area contributed by atoms with Gasteiger partial charge in [0.05, 0.1) is 17.2 Å². The Hall–Kier alpha value is -3.51. The maximum Gasteiger partial charge on any atom is 0.253 e. The van der Waals surface area contributed by atoms with Crippen LogP contribution in [-0.4, -0.2) is 22.5 Å². The van der Waals surface area contributed by atoms with Crippen LogP contribution in [-0.2, 0) is 4.79 Å². The van der Waals surface area contributed by atoms with Gasteiger partial charge in [-0.25, -0.2) is 0 Å². The summed E-state index contributed by atoms with van der Waals surface area (Å²) in [5, 5.41) is 8.86. The molecule has 3 aromatic rings. The Kier molecular flexibility index (Phi) is 7.38. The first kappa shape index (κ1) is 23.2. The molecule has 0 radical (unpaired) electrons. The van der Waals surface area contributed by atoms with Crippen molar-refractivity contribution in [3.8, 4) is 0 Å². The molecule has 3 rings (SSSR count). The SMILES string of the molecule is CC(C)(C)NC(=O)c1ccccc1NC(=S)NC(=O)C(c1ccccc1)c1ccccc1. The summed E-state index contributed by atoms with van der Waals surface area (Å²) in [6.07, 6.45) is 0. The van der Waals surface area contributed by atoms with E-state index in [4.69, 9.17) is 12.2 Å². The summed E-state index contributed by atoms with van der Waals surface area (Å²) < 4.78 is 0. The van der Waals surface area contributed by atoms with Crippen LogP contribution in [0.5, 0.6) is 0 Å². The fraction of sp³-hybridized carbons (Fsp3) is 0.192. The Balaban J connectivity index is 1.78. The van der Waals surface area contributed by atoms with E-state index in [2.05, 4.69) is 16.0 Å². The Morgan fingerprint density at radius 2 is 1.28 bits per heavy atom. The lowest BCUT2D eigenvalue weighted by Crippen LogP contribution is -2.41. The van der Waals surface area contributed by atoms with E-state index < -0.39 is 5.92 Å². The largest absolute Gasteiger partial charge is 0.347 e. The molecule has 6 heteroatoms. The number of carbonyl (C=O) groups is 2. The average Bonchev–Trinajstić information content (AvgIpc) is 2.74. The molecule has 0 aliphatic rings. The van der Waals surface area contributed by atoms with Crippen molar-refractivity contribution in [2.24, 2.45) is 0 Å². The molecule has 5 nitrogen and oxygen atoms in total. The van der Waals surface area contributed by atoms with Crippen LogP contribution in [0.2, 0.25) is 0 Å². The normalized spacial score (nSPS) is 11.0. The zero-order valence-electron chi connectivity index (χ0n) is 18.4. The number of thiocarbonyl (C=S) groups is 1. The fourth-order valence-corrected chi connectivity index (χ4v) is 3.53. The van der Waals surface area contributed by atoms with E-state index in [9.17, 15) is 9.59 Å². The summed E-state index contributed by atoms with van der Waals surface area (Å²) in [6, 6.07) is 26.1. The zero-order chi connectivity index (χ0) is 23.1. The van der Waals surface area contributed by atoms with E-state index in [1.54, 1.807) is 24.3 Å². The molecular weight excluding hydrogens is 418 g/mol. The molecule has 0 aliphatic carbocycles. The molecule has 0 fully saturated rings. The van der Waals surface area contributed by atoms with Crippen molar-refractivity contribution in [2.75, 3.05) is 5.32 Å². The molecule has 0 unspecified atom stereocenters. The molecule has 3 aromatic carbocycles. The van der Waals surface area contributed by atoms with E-state index in [1.165, 1.54) is 0 Å². The van der Waals surface area contributed by atoms with Crippen molar-refractivity contribution in [3.05, 3.63) is 102 Å². The van der Waals surface area contributed by atoms with E-state index >= 15 is 0 Å². The lowest BCUT2D eigenvalue weighted by Gasteiger charge is -2.22. The van der Waals surface area contributed by atoms with E-state index in [0.717, 1.165) is 11.1 Å². The second-order valence-corrected chi connectivity index (χ2v) is 8.86. The number of para-hydroxylation sites is 1. The predicted molar refractivity (Wildman–Crippen MR) is 133 cm³/mol. The maximum absolute atomic E-state index is 13.2. The van der Waals surface area contributed by atoms with E-state index in [0.29, 0.717) is 11.3 Å². The molecule has 0 spiro atoms. The highest BCUT2D eigenvalue weighted by atomic mass is 32.1. The minimum atomic E-state index is -0.517. The lowest BCUT2D eigenvalue weighted by atomic mass is 9.90. The van der Waals surface area contributed by atoms with Crippen molar-refractivity contribution < 1.29 is 9.59 Å². The van der Waals surface area contributed by atoms with Gasteiger partial charge in [-0.3, -0.25) is 9.59 Å². The lowest BCUT2D eigenvalue weighted by molar-refractivity contribution is -0.120. The first-order valence-corrected chi connectivity index (χ1v) is 10.8. The third-order valence-electron chi connectivity index (χ3n) is 4.67. The molecule has 0 bridgehead atoms. The van der Waals surface area contributed by atoms with Gasteiger partial charge in [-0.1, -0.05) is 72.8 Å². The monoisotopic (exact) mass is 445 g/mol. The van der Waals surface area contributed by atoms with Gasteiger partial charge in [-0.05, 0) is 56.2 Å². The van der Waals surface area contributed by atoms with Gasteiger partial charge in [-0.15, -0.1) is 0 Å². The van der Waals surface area contributed by atoms with Gasteiger partial charge < -0.3 is 16.0 Å². The number of hydrogen-bond donors (Lipinski definition) is 3. The van der Waals surface area contributed by atoms with Gasteiger partial charge in [0.2, 0.25) is 5.91 Å². The molecular formula is C26H27N3O2S. The predicted octanol–water partition coefficient (Wildman–Crippen LogP) is 4.86. The average molecular weight is 446 g/mol. The minimum Gasteiger partial charge on any atom is -0.347 e. The summed E-state index contributed by atoms with van der Waals surface area (Å²) >= 11 is 5.41. The number of hydrogen-bond acceptors (Lipinski definition) is 3. The molecule has 2 amide bonds. The van der Waals surface area contributed by atoms with Crippen LogP contribution in [0.25, 0.3) is 0 Å². The number of anilines is 1. The molecule has 164 valence electrons. The van der Waals surface area contributed by atoms with Gasteiger partial charge in [0.25, 0.3) is 5.91 Å². The van der Waals surface area contributed by atoms with Crippen molar-refractivity contribution in [2.45, 2.75) is 32.2 Å². The van der Waals surface area contributed by atoms with Crippen LogP contribution in [0.15, 0.2) is 84.9 Å². The summed E-state index contributed by atoms with van der Waals surface area (Å²) in [4.78, 5) is 25.9. The fourth-order valence-electron chi connectivity index (χ4n) is 3.32. The van der Waals surface area contributed by atoms with E-state index in [1.807, 2.05) is 81.4 Å². The smallest absolute Gasteiger partial charge is 0.253 e.